The van der Waals surface area contributed by atoms with Crippen LogP contribution in [0.25, 0.3) is 11.0 Å². The lowest BCUT2D eigenvalue weighted by Gasteiger charge is -2.19. The third-order valence-corrected chi connectivity index (χ3v) is 6.83. The van der Waals surface area contributed by atoms with Gasteiger partial charge in [-0.05, 0) is 59.7 Å². The Labute approximate surface area is 224 Å². The van der Waals surface area contributed by atoms with Gasteiger partial charge in [-0.15, -0.1) is 0 Å². The second kappa shape index (κ2) is 12.3. The zero-order chi connectivity index (χ0) is 26.3. The number of benzene rings is 3. The SMILES string of the molecule is CC(C)(C)c1ccc(OCCCn2c(CCCNC(=O)Cc3ccccc3Cl)nc3ccccc32)cc1. The molecule has 0 spiro atoms. The summed E-state index contributed by atoms with van der Waals surface area (Å²) in [7, 11) is 0. The van der Waals surface area contributed by atoms with Crippen molar-refractivity contribution in [2.45, 2.75) is 58.4 Å². The van der Waals surface area contributed by atoms with E-state index in [-0.39, 0.29) is 17.7 Å². The molecule has 0 unspecified atom stereocenters. The molecule has 0 fully saturated rings. The van der Waals surface area contributed by atoms with Crippen molar-refractivity contribution in [2.75, 3.05) is 13.2 Å². The van der Waals surface area contributed by atoms with E-state index in [2.05, 4.69) is 61.0 Å². The molecule has 6 heteroatoms. The number of carbonyl (C=O) groups excluding carboxylic acids is 1. The van der Waals surface area contributed by atoms with E-state index in [0.717, 1.165) is 54.0 Å². The van der Waals surface area contributed by atoms with Crippen molar-refractivity contribution in [3.8, 4) is 5.75 Å². The molecule has 4 rings (SSSR count). The van der Waals surface area contributed by atoms with Gasteiger partial charge in [-0.25, -0.2) is 4.98 Å². The summed E-state index contributed by atoms with van der Waals surface area (Å²) in [5.41, 5.74) is 4.41. The van der Waals surface area contributed by atoms with E-state index in [1.165, 1.54) is 5.56 Å². The van der Waals surface area contributed by atoms with Crippen molar-refractivity contribution in [3.63, 3.8) is 0 Å². The van der Waals surface area contributed by atoms with Crippen LogP contribution in [0, 0.1) is 0 Å². The Kier molecular flexibility index (Phi) is 8.88. The van der Waals surface area contributed by atoms with Crippen molar-refractivity contribution in [1.82, 2.24) is 14.9 Å². The highest BCUT2D eigenvalue weighted by Crippen LogP contribution is 2.24. The third-order valence-electron chi connectivity index (χ3n) is 6.46. The Morgan fingerprint density at radius 3 is 2.46 bits per heavy atom. The summed E-state index contributed by atoms with van der Waals surface area (Å²) in [5, 5.41) is 3.63. The van der Waals surface area contributed by atoms with E-state index in [1.807, 2.05) is 42.5 Å². The minimum Gasteiger partial charge on any atom is -0.494 e. The number of aromatic nitrogens is 2. The van der Waals surface area contributed by atoms with Gasteiger partial charge < -0.3 is 14.6 Å². The van der Waals surface area contributed by atoms with Crippen LogP contribution < -0.4 is 10.1 Å². The van der Waals surface area contributed by atoms with Crippen LogP contribution in [0.2, 0.25) is 5.02 Å². The number of amides is 1. The topological polar surface area (TPSA) is 56.1 Å². The summed E-state index contributed by atoms with van der Waals surface area (Å²) in [6.07, 6.45) is 2.77. The molecule has 0 aliphatic heterocycles. The largest absolute Gasteiger partial charge is 0.494 e. The molecule has 1 aromatic heterocycles. The first kappa shape index (κ1) is 26.7. The van der Waals surface area contributed by atoms with Crippen molar-refractivity contribution >= 4 is 28.5 Å². The number of halogens is 1. The number of hydrogen-bond acceptors (Lipinski definition) is 3. The lowest BCUT2D eigenvalue weighted by molar-refractivity contribution is -0.120. The van der Waals surface area contributed by atoms with Crippen LogP contribution >= 0.6 is 11.6 Å². The molecule has 1 N–H and O–H groups in total. The summed E-state index contributed by atoms with van der Waals surface area (Å²) < 4.78 is 8.30. The lowest BCUT2D eigenvalue weighted by Crippen LogP contribution is -2.26. The van der Waals surface area contributed by atoms with E-state index in [0.29, 0.717) is 18.2 Å². The molecule has 3 aromatic carbocycles. The van der Waals surface area contributed by atoms with Gasteiger partial charge in [0.1, 0.15) is 11.6 Å². The summed E-state index contributed by atoms with van der Waals surface area (Å²) in [6.45, 7) is 8.70. The maximum absolute atomic E-state index is 12.3. The number of hydrogen-bond donors (Lipinski definition) is 1. The van der Waals surface area contributed by atoms with Crippen LogP contribution in [0.3, 0.4) is 0 Å². The van der Waals surface area contributed by atoms with Crippen LogP contribution in [0.15, 0.2) is 72.8 Å². The predicted molar refractivity (Wildman–Crippen MR) is 151 cm³/mol. The molecule has 0 aliphatic carbocycles. The first-order valence-electron chi connectivity index (χ1n) is 13.0. The molecule has 0 atom stereocenters. The number of nitrogens with one attached hydrogen (secondary N) is 1. The maximum Gasteiger partial charge on any atom is 0.224 e. The average molecular weight is 518 g/mol. The van der Waals surface area contributed by atoms with Crippen LogP contribution in [-0.4, -0.2) is 28.6 Å². The van der Waals surface area contributed by atoms with Gasteiger partial charge in [0.2, 0.25) is 5.91 Å². The first-order chi connectivity index (χ1) is 17.8. The standard InChI is InChI=1S/C31H36ClN3O2/c1-31(2,3)24-15-17-25(18-16-24)37-21-9-20-35-28-13-7-6-12-27(28)34-29(35)14-8-19-33-30(36)22-23-10-4-5-11-26(23)32/h4-7,10-13,15-18H,8-9,14,19-22H2,1-3H3,(H,33,36). The second-order valence-electron chi connectivity index (χ2n) is 10.4. The Hall–Kier alpha value is -3.31. The number of fused-ring (bicyclic) bond motifs is 1. The number of rotatable bonds is 11. The molecule has 0 saturated heterocycles. The normalized spacial score (nSPS) is 11.6. The van der Waals surface area contributed by atoms with Crippen molar-refractivity contribution in [1.29, 1.82) is 0 Å². The van der Waals surface area contributed by atoms with Gasteiger partial charge in [-0.2, -0.15) is 0 Å². The molecule has 0 aliphatic rings. The van der Waals surface area contributed by atoms with Gasteiger partial charge in [0.05, 0.1) is 24.1 Å². The van der Waals surface area contributed by atoms with Gasteiger partial charge in [0, 0.05) is 24.5 Å². The van der Waals surface area contributed by atoms with Crippen LogP contribution in [0.5, 0.6) is 5.75 Å². The molecule has 1 heterocycles. The third kappa shape index (κ3) is 7.36. The fraction of sp³-hybridized carbons (Fsp3) is 0.355. The van der Waals surface area contributed by atoms with Crippen molar-refractivity contribution in [3.05, 3.63) is 94.8 Å². The van der Waals surface area contributed by atoms with E-state index in [9.17, 15) is 4.79 Å². The molecule has 0 bridgehead atoms. The molecule has 0 saturated carbocycles. The summed E-state index contributed by atoms with van der Waals surface area (Å²) in [5.74, 6) is 1.92. The highest BCUT2D eigenvalue weighted by Gasteiger charge is 2.14. The minimum atomic E-state index is -0.0192. The Morgan fingerprint density at radius 1 is 0.973 bits per heavy atom. The quantitative estimate of drug-likeness (QED) is 0.224. The fourth-order valence-corrected chi connectivity index (χ4v) is 4.58. The number of carbonyl (C=O) groups is 1. The lowest BCUT2D eigenvalue weighted by atomic mass is 9.87. The smallest absolute Gasteiger partial charge is 0.224 e. The van der Waals surface area contributed by atoms with Crippen molar-refractivity contribution < 1.29 is 9.53 Å². The van der Waals surface area contributed by atoms with Crippen LogP contribution in [0.4, 0.5) is 0 Å². The molecular formula is C31H36ClN3O2. The highest BCUT2D eigenvalue weighted by molar-refractivity contribution is 6.31. The maximum atomic E-state index is 12.3. The summed E-state index contributed by atoms with van der Waals surface area (Å²) >= 11 is 6.18. The second-order valence-corrected chi connectivity index (χ2v) is 10.8. The van der Waals surface area contributed by atoms with E-state index in [1.54, 1.807) is 0 Å². The number of nitrogens with zero attached hydrogens (tertiary/aromatic N) is 2. The van der Waals surface area contributed by atoms with E-state index < -0.39 is 0 Å². The number of ether oxygens (including phenoxy) is 1. The predicted octanol–water partition coefficient (Wildman–Crippen LogP) is 6.75. The Bertz CT molecular complexity index is 1320. The fourth-order valence-electron chi connectivity index (χ4n) is 4.38. The first-order valence-corrected chi connectivity index (χ1v) is 13.4. The molecular weight excluding hydrogens is 482 g/mol. The molecule has 37 heavy (non-hydrogen) atoms. The zero-order valence-corrected chi connectivity index (χ0v) is 22.7. The Balaban J connectivity index is 1.29. The molecule has 0 radical (unpaired) electrons. The van der Waals surface area contributed by atoms with E-state index in [4.69, 9.17) is 21.3 Å². The van der Waals surface area contributed by atoms with Gasteiger partial charge in [-0.3, -0.25) is 4.79 Å². The molecule has 5 nitrogen and oxygen atoms in total. The number of imidazole rings is 1. The van der Waals surface area contributed by atoms with Gasteiger partial charge in [0.25, 0.3) is 0 Å². The molecule has 194 valence electrons. The van der Waals surface area contributed by atoms with Crippen LogP contribution in [-0.2, 0) is 29.6 Å². The highest BCUT2D eigenvalue weighted by atomic mass is 35.5. The minimum absolute atomic E-state index is 0.0192. The Morgan fingerprint density at radius 2 is 1.70 bits per heavy atom. The average Bonchev–Trinajstić information content (AvgIpc) is 3.23. The monoisotopic (exact) mass is 517 g/mol. The van der Waals surface area contributed by atoms with Gasteiger partial charge >= 0.3 is 0 Å². The zero-order valence-electron chi connectivity index (χ0n) is 22.0. The molecule has 4 aromatic rings. The van der Waals surface area contributed by atoms with Gasteiger partial charge in [0.15, 0.2) is 0 Å². The van der Waals surface area contributed by atoms with Crippen LogP contribution in [0.1, 0.15) is 50.6 Å². The summed E-state index contributed by atoms with van der Waals surface area (Å²) in [4.78, 5) is 17.2. The molecule has 1 amide bonds. The van der Waals surface area contributed by atoms with Gasteiger partial charge in [-0.1, -0.05) is 74.8 Å². The number of aryl methyl sites for hydroxylation is 2. The number of para-hydroxylation sites is 2. The summed E-state index contributed by atoms with van der Waals surface area (Å²) in [6, 6.07) is 24.1. The van der Waals surface area contributed by atoms with Crippen molar-refractivity contribution in [2.24, 2.45) is 0 Å². The van der Waals surface area contributed by atoms with E-state index >= 15 is 0 Å².